The number of amides is 1. The molecule has 2 atom stereocenters. The number of rotatable bonds is 7. The number of alkyl halides is 9. The van der Waals surface area contributed by atoms with Crippen LogP contribution in [0.25, 0.3) is 11.1 Å². The average Bonchev–Trinajstić information content (AvgIpc) is 3.31. The lowest BCUT2D eigenvalue weighted by molar-refractivity contribution is -0.144. The molecule has 1 aliphatic heterocycles. The maximum atomic E-state index is 13.9. The average molecular weight is 721 g/mol. The zero-order valence-electron chi connectivity index (χ0n) is 25.8. The van der Waals surface area contributed by atoms with Crippen molar-refractivity contribution in [2.75, 3.05) is 7.11 Å². The predicted octanol–water partition coefficient (Wildman–Crippen LogP) is 9.97. The molecule has 5 rings (SSSR count). The Morgan fingerprint density at radius 3 is 2.00 bits per heavy atom. The molecule has 0 spiro atoms. The van der Waals surface area contributed by atoms with Crippen molar-refractivity contribution in [3.05, 3.63) is 82.2 Å². The van der Waals surface area contributed by atoms with Gasteiger partial charge in [0.25, 0.3) is 5.24 Å². The Hall–Kier alpha value is -3.95. The molecule has 1 aliphatic carbocycles. The highest BCUT2D eigenvalue weighted by Gasteiger charge is 2.43. The molecule has 0 unspecified atom stereocenters. The molecular weight excluding hydrogens is 691 g/mol. The minimum absolute atomic E-state index is 0.0223. The van der Waals surface area contributed by atoms with Crippen LogP contribution in [0.3, 0.4) is 0 Å². The Balaban J connectivity index is 1.53. The number of carboxylic acids is 1. The van der Waals surface area contributed by atoms with E-state index >= 15 is 0 Å². The highest BCUT2D eigenvalue weighted by Crippen LogP contribution is 2.48. The number of aliphatic carboxylic acids is 1. The third-order valence-electron chi connectivity index (χ3n) is 8.98. The molecule has 6 nitrogen and oxygen atoms in total. The number of halogens is 9. The molecule has 1 amide bonds. The van der Waals surface area contributed by atoms with E-state index in [1.54, 1.807) is 18.2 Å². The second-order valence-electron chi connectivity index (χ2n) is 12.0. The normalized spacial score (nSPS) is 22.0. The van der Waals surface area contributed by atoms with Gasteiger partial charge in [0, 0.05) is 17.2 Å². The van der Waals surface area contributed by atoms with Crippen LogP contribution in [0, 0.1) is 5.92 Å². The Labute approximate surface area is 278 Å². The number of hydrogen-bond donors (Lipinski definition) is 1. The monoisotopic (exact) mass is 720 g/mol. The molecule has 2 aromatic carbocycles. The van der Waals surface area contributed by atoms with E-state index in [0.717, 1.165) is 16.5 Å². The summed E-state index contributed by atoms with van der Waals surface area (Å²) < 4.78 is 129. The Morgan fingerprint density at radius 2 is 1.47 bits per heavy atom. The number of carbonyl (C=O) groups is 2. The third-order valence-corrected chi connectivity index (χ3v) is 10.3. The molecule has 16 heteroatoms. The summed E-state index contributed by atoms with van der Waals surface area (Å²) in [6.45, 7) is 0.836. The van der Waals surface area contributed by atoms with Crippen LogP contribution in [0.4, 0.5) is 44.3 Å². The molecule has 3 aromatic rings. The van der Waals surface area contributed by atoms with Crippen molar-refractivity contribution < 1.29 is 58.9 Å². The number of ether oxygens (including phenoxy) is 1. The van der Waals surface area contributed by atoms with Gasteiger partial charge in [-0.1, -0.05) is 23.9 Å². The molecule has 1 N–H and O–H groups in total. The van der Waals surface area contributed by atoms with Crippen LogP contribution in [-0.4, -0.2) is 39.4 Å². The van der Waals surface area contributed by atoms with E-state index in [4.69, 9.17) is 4.74 Å². The molecule has 2 heterocycles. The second kappa shape index (κ2) is 13.4. The minimum Gasteiger partial charge on any atom is -0.496 e. The minimum atomic E-state index is -5.12. The number of carboxylic acid groups (broad SMARTS) is 1. The van der Waals surface area contributed by atoms with Gasteiger partial charge in [-0.05, 0) is 86.1 Å². The van der Waals surface area contributed by atoms with Gasteiger partial charge in [0.1, 0.15) is 11.4 Å². The van der Waals surface area contributed by atoms with E-state index in [1.165, 1.54) is 20.1 Å². The quantitative estimate of drug-likeness (QED) is 0.245. The van der Waals surface area contributed by atoms with Gasteiger partial charge in [-0.15, -0.1) is 0 Å². The zero-order valence-corrected chi connectivity index (χ0v) is 26.7. The van der Waals surface area contributed by atoms with E-state index < -0.39 is 75.9 Å². The van der Waals surface area contributed by atoms with Crippen LogP contribution < -0.4 is 4.74 Å². The van der Waals surface area contributed by atoms with Gasteiger partial charge in [0.2, 0.25) is 0 Å². The first-order valence-electron chi connectivity index (χ1n) is 15.0. The molecule has 1 aromatic heterocycles. The molecule has 0 bridgehead atoms. The highest BCUT2D eigenvalue weighted by atomic mass is 32.2. The smallest absolute Gasteiger partial charge is 0.433 e. The number of nitrogens with zero attached hydrogens (tertiary/aromatic N) is 2. The van der Waals surface area contributed by atoms with Gasteiger partial charge in [-0.25, -0.2) is 4.98 Å². The number of hydrogen-bond acceptors (Lipinski definition) is 5. The van der Waals surface area contributed by atoms with Gasteiger partial charge in [0.05, 0.1) is 41.6 Å². The third kappa shape index (κ3) is 7.78. The van der Waals surface area contributed by atoms with E-state index in [1.807, 2.05) is 0 Å². The van der Waals surface area contributed by atoms with Gasteiger partial charge in [0.15, 0.2) is 0 Å². The van der Waals surface area contributed by atoms with Crippen molar-refractivity contribution in [3.8, 4) is 16.9 Å². The van der Waals surface area contributed by atoms with Crippen LogP contribution in [0.2, 0.25) is 0 Å². The molecular formula is C33H29F9N2O4S. The lowest BCUT2D eigenvalue weighted by Crippen LogP contribution is -2.32. The lowest BCUT2D eigenvalue weighted by Gasteiger charge is -2.28. The Morgan fingerprint density at radius 1 is 0.857 bits per heavy atom. The molecule has 1 saturated carbocycles. The van der Waals surface area contributed by atoms with Gasteiger partial charge in [-0.2, -0.15) is 39.5 Å². The first-order chi connectivity index (χ1) is 22.8. The van der Waals surface area contributed by atoms with Crippen molar-refractivity contribution in [2.45, 2.75) is 74.9 Å². The lowest BCUT2D eigenvalue weighted by atomic mass is 9.78. The summed E-state index contributed by atoms with van der Waals surface area (Å²) in [5, 5.41) is 7.38. The summed E-state index contributed by atoms with van der Waals surface area (Å²) in [6.07, 6.45) is -13.1. The van der Waals surface area contributed by atoms with Gasteiger partial charge in [-0.3, -0.25) is 9.59 Å². The maximum absolute atomic E-state index is 13.9. The number of aromatic nitrogens is 1. The summed E-state index contributed by atoms with van der Waals surface area (Å²) in [4.78, 5) is 29.6. The van der Waals surface area contributed by atoms with E-state index in [-0.39, 0.29) is 29.0 Å². The Kier molecular flexibility index (Phi) is 9.94. The van der Waals surface area contributed by atoms with E-state index in [2.05, 4.69) is 4.98 Å². The molecule has 49 heavy (non-hydrogen) atoms. The SMILES string of the molecule is COc1ccc(C2CCC(C(=O)O)CC2)cc1-c1ccc(C(F)(F)F)nc1CN1C(=O)S[C@H](c2cc(C(F)(F)F)cc(C(F)(F)F)c2)[C@@H]1C. The molecule has 2 fully saturated rings. The molecule has 264 valence electrons. The Bertz CT molecular complexity index is 1700. The standard InChI is InChI=1S/C33H29F9N2O4S/c1-16-28(20-11-21(31(34,35)36)14-22(12-20)32(37,38)39)49-30(47)44(16)15-25-23(8-10-27(43-25)33(40,41)42)24-13-19(7-9-26(24)48-2)17-3-5-18(6-4-17)29(45)46/h7-14,16-18,28H,3-6,15H2,1-2H3,(H,45,46)/t16-,17?,18?,28-/m0/s1. The van der Waals surface area contributed by atoms with Crippen LogP contribution in [0.15, 0.2) is 48.5 Å². The van der Waals surface area contributed by atoms with Crippen molar-refractivity contribution in [1.29, 1.82) is 0 Å². The van der Waals surface area contributed by atoms with Gasteiger partial charge < -0.3 is 14.7 Å². The van der Waals surface area contributed by atoms with Crippen molar-refractivity contribution in [1.82, 2.24) is 9.88 Å². The van der Waals surface area contributed by atoms with Crippen molar-refractivity contribution >= 4 is 23.0 Å². The predicted molar refractivity (Wildman–Crippen MR) is 161 cm³/mol. The first-order valence-corrected chi connectivity index (χ1v) is 15.9. The largest absolute Gasteiger partial charge is 0.496 e. The fourth-order valence-corrected chi connectivity index (χ4v) is 7.55. The second-order valence-corrected chi connectivity index (χ2v) is 13.1. The molecule has 1 saturated heterocycles. The van der Waals surface area contributed by atoms with Crippen molar-refractivity contribution in [3.63, 3.8) is 0 Å². The number of thioether (sulfide) groups is 1. The fraction of sp³-hybridized carbons (Fsp3) is 0.424. The van der Waals surface area contributed by atoms with Crippen LogP contribution >= 0.6 is 11.8 Å². The van der Waals surface area contributed by atoms with Crippen LogP contribution in [0.1, 0.15) is 77.4 Å². The zero-order chi connectivity index (χ0) is 36.1. The summed E-state index contributed by atoms with van der Waals surface area (Å²) >= 11 is 0.471. The number of methoxy groups -OCH3 is 1. The summed E-state index contributed by atoms with van der Waals surface area (Å²) in [7, 11) is 1.35. The summed E-state index contributed by atoms with van der Waals surface area (Å²) in [6, 6.07) is 7.05. The first kappa shape index (κ1) is 36.3. The highest BCUT2D eigenvalue weighted by molar-refractivity contribution is 8.14. The maximum Gasteiger partial charge on any atom is 0.433 e. The summed E-state index contributed by atoms with van der Waals surface area (Å²) in [5.41, 5.74) is -3.73. The topological polar surface area (TPSA) is 79.7 Å². The van der Waals surface area contributed by atoms with E-state index in [9.17, 15) is 54.2 Å². The number of benzene rings is 2. The van der Waals surface area contributed by atoms with Gasteiger partial charge >= 0.3 is 24.5 Å². The van der Waals surface area contributed by atoms with Crippen LogP contribution in [-0.2, 0) is 29.9 Å². The van der Waals surface area contributed by atoms with E-state index in [0.29, 0.717) is 55.1 Å². The van der Waals surface area contributed by atoms with Crippen LogP contribution in [0.5, 0.6) is 5.75 Å². The fourth-order valence-electron chi connectivity index (χ4n) is 6.35. The molecule has 2 aliphatic rings. The van der Waals surface area contributed by atoms with Crippen molar-refractivity contribution in [2.24, 2.45) is 5.92 Å². The summed E-state index contributed by atoms with van der Waals surface area (Å²) in [5.74, 6) is -1.13. The number of pyridine rings is 1. The molecule has 0 radical (unpaired) electrons. The number of carbonyl (C=O) groups excluding carboxylic acids is 1.